The van der Waals surface area contributed by atoms with E-state index in [4.69, 9.17) is 15.2 Å². The first-order valence-electron chi connectivity index (χ1n) is 6.07. The second-order valence-corrected chi connectivity index (χ2v) is 5.18. The molecular formula is C13H19BrClNO2. The molecule has 0 fully saturated rings. The zero-order valence-electron chi connectivity index (χ0n) is 10.4. The van der Waals surface area contributed by atoms with Gasteiger partial charge in [-0.3, -0.25) is 0 Å². The summed E-state index contributed by atoms with van der Waals surface area (Å²) in [7, 11) is 0. The Bertz CT molecular complexity index is 401. The number of benzene rings is 1. The van der Waals surface area contributed by atoms with Crippen LogP contribution in [-0.4, -0.2) is 6.79 Å². The molecule has 102 valence electrons. The second kappa shape index (κ2) is 7.22. The molecule has 0 bridgehead atoms. The van der Waals surface area contributed by atoms with Crippen LogP contribution in [0, 0.1) is 0 Å². The average Bonchev–Trinajstić information content (AvgIpc) is 2.75. The maximum atomic E-state index is 6.20. The van der Waals surface area contributed by atoms with Crippen molar-refractivity contribution in [2.24, 2.45) is 5.73 Å². The molecule has 2 N–H and O–H groups in total. The predicted octanol–water partition coefficient (Wildman–Crippen LogP) is 4.18. The van der Waals surface area contributed by atoms with Crippen molar-refractivity contribution in [2.45, 2.75) is 38.6 Å². The predicted molar refractivity (Wildman–Crippen MR) is 78.6 cm³/mol. The lowest BCUT2D eigenvalue weighted by Gasteiger charge is -2.14. The number of hydrogen-bond acceptors (Lipinski definition) is 3. The normalized spacial score (nSPS) is 14.2. The first-order chi connectivity index (χ1) is 8.22. The molecule has 1 atom stereocenters. The molecule has 0 saturated heterocycles. The summed E-state index contributed by atoms with van der Waals surface area (Å²) in [4.78, 5) is 0. The third kappa shape index (κ3) is 3.53. The molecule has 5 heteroatoms. The maximum Gasteiger partial charge on any atom is 0.231 e. The van der Waals surface area contributed by atoms with Crippen molar-refractivity contribution in [2.75, 3.05) is 6.79 Å². The minimum Gasteiger partial charge on any atom is -0.454 e. The molecule has 18 heavy (non-hydrogen) atoms. The summed E-state index contributed by atoms with van der Waals surface area (Å²) in [6.07, 6.45) is 4.62. The molecule has 0 amide bonds. The van der Waals surface area contributed by atoms with E-state index in [9.17, 15) is 0 Å². The van der Waals surface area contributed by atoms with E-state index in [0.717, 1.165) is 28.0 Å². The smallest absolute Gasteiger partial charge is 0.231 e. The van der Waals surface area contributed by atoms with Gasteiger partial charge in [0.15, 0.2) is 11.5 Å². The van der Waals surface area contributed by atoms with E-state index in [2.05, 4.69) is 22.9 Å². The summed E-state index contributed by atoms with van der Waals surface area (Å²) >= 11 is 3.54. The highest BCUT2D eigenvalue weighted by Gasteiger charge is 2.19. The first kappa shape index (κ1) is 15.6. The van der Waals surface area contributed by atoms with E-state index in [1.165, 1.54) is 19.3 Å². The van der Waals surface area contributed by atoms with Crippen LogP contribution in [0.15, 0.2) is 16.6 Å². The van der Waals surface area contributed by atoms with Crippen LogP contribution in [0.25, 0.3) is 0 Å². The number of nitrogens with two attached hydrogens (primary N) is 1. The van der Waals surface area contributed by atoms with Gasteiger partial charge < -0.3 is 15.2 Å². The van der Waals surface area contributed by atoms with E-state index in [1.54, 1.807) is 0 Å². The van der Waals surface area contributed by atoms with Crippen molar-refractivity contribution in [3.8, 4) is 11.5 Å². The number of rotatable bonds is 5. The highest BCUT2D eigenvalue weighted by Crippen LogP contribution is 2.39. The van der Waals surface area contributed by atoms with Crippen molar-refractivity contribution in [3.63, 3.8) is 0 Å². The molecule has 1 aliphatic rings. The zero-order chi connectivity index (χ0) is 12.3. The van der Waals surface area contributed by atoms with Gasteiger partial charge in [0.25, 0.3) is 0 Å². The van der Waals surface area contributed by atoms with Gasteiger partial charge in [-0.2, -0.15) is 0 Å². The molecule has 1 aromatic carbocycles. The lowest BCUT2D eigenvalue weighted by molar-refractivity contribution is 0.174. The van der Waals surface area contributed by atoms with Crippen LogP contribution in [0.4, 0.5) is 0 Å². The summed E-state index contributed by atoms with van der Waals surface area (Å²) < 4.78 is 11.7. The van der Waals surface area contributed by atoms with Gasteiger partial charge in [0, 0.05) is 10.5 Å². The van der Waals surface area contributed by atoms with Gasteiger partial charge in [0.05, 0.1) is 0 Å². The number of halogens is 2. The highest BCUT2D eigenvalue weighted by atomic mass is 79.9. The third-order valence-electron chi connectivity index (χ3n) is 3.01. The van der Waals surface area contributed by atoms with Gasteiger partial charge in [-0.25, -0.2) is 0 Å². The Balaban J connectivity index is 0.00000162. The SMILES string of the molecule is CCCCC[C@H](N)c1cc2c(cc1Br)OCO2.Cl. The number of unbranched alkanes of at least 4 members (excludes halogenated alkanes) is 2. The molecule has 0 aromatic heterocycles. The Morgan fingerprint density at radius 2 is 1.94 bits per heavy atom. The van der Waals surface area contributed by atoms with Gasteiger partial charge in [0.1, 0.15) is 0 Å². The van der Waals surface area contributed by atoms with E-state index in [1.807, 2.05) is 12.1 Å². The quantitative estimate of drug-likeness (QED) is 0.820. The van der Waals surface area contributed by atoms with E-state index in [0.29, 0.717) is 6.79 Å². The summed E-state index contributed by atoms with van der Waals surface area (Å²) in [6.45, 7) is 2.50. The fourth-order valence-electron chi connectivity index (χ4n) is 1.99. The summed E-state index contributed by atoms with van der Waals surface area (Å²) in [5, 5.41) is 0. The van der Waals surface area contributed by atoms with Gasteiger partial charge in [-0.1, -0.05) is 42.1 Å². The number of ether oxygens (including phenoxy) is 2. The molecule has 1 aliphatic heterocycles. The maximum absolute atomic E-state index is 6.20. The molecule has 3 nitrogen and oxygen atoms in total. The first-order valence-corrected chi connectivity index (χ1v) is 6.86. The van der Waals surface area contributed by atoms with Crippen molar-refractivity contribution >= 4 is 28.3 Å². The Kier molecular flexibility index (Phi) is 6.26. The Morgan fingerprint density at radius 3 is 2.61 bits per heavy atom. The van der Waals surface area contributed by atoms with Crippen LogP contribution in [0.3, 0.4) is 0 Å². The number of fused-ring (bicyclic) bond motifs is 1. The fraction of sp³-hybridized carbons (Fsp3) is 0.538. The van der Waals surface area contributed by atoms with Gasteiger partial charge >= 0.3 is 0 Å². The molecule has 2 rings (SSSR count). The molecule has 0 saturated carbocycles. The largest absolute Gasteiger partial charge is 0.454 e. The van der Waals surface area contributed by atoms with Crippen LogP contribution < -0.4 is 15.2 Å². The molecule has 1 aromatic rings. The van der Waals surface area contributed by atoms with Gasteiger partial charge in [-0.05, 0) is 24.1 Å². The van der Waals surface area contributed by atoms with Crippen molar-refractivity contribution in [1.82, 2.24) is 0 Å². The van der Waals surface area contributed by atoms with Crippen molar-refractivity contribution in [1.29, 1.82) is 0 Å². The topological polar surface area (TPSA) is 44.5 Å². The Labute approximate surface area is 123 Å². The summed E-state index contributed by atoms with van der Waals surface area (Å²) in [6, 6.07) is 3.99. The molecule has 1 heterocycles. The van der Waals surface area contributed by atoms with Crippen LogP contribution in [-0.2, 0) is 0 Å². The van der Waals surface area contributed by atoms with Crippen molar-refractivity contribution < 1.29 is 9.47 Å². The molecule has 0 unspecified atom stereocenters. The standard InChI is InChI=1S/C13H18BrNO2.ClH/c1-2-3-4-5-11(15)9-6-12-13(7-10(9)14)17-8-16-12;/h6-7,11H,2-5,8,15H2,1H3;1H/t11-;/m0./s1. The average molecular weight is 337 g/mol. The van der Waals surface area contributed by atoms with E-state index >= 15 is 0 Å². The van der Waals surface area contributed by atoms with Gasteiger partial charge in [-0.15, -0.1) is 12.4 Å². The Morgan fingerprint density at radius 1 is 1.28 bits per heavy atom. The lowest BCUT2D eigenvalue weighted by Crippen LogP contribution is -2.10. The molecule has 0 spiro atoms. The third-order valence-corrected chi connectivity index (χ3v) is 3.70. The summed E-state index contributed by atoms with van der Waals surface area (Å²) in [5.41, 5.74) is 7.31. The van der Waals surface area contributed by atoms with Crippen LogP contribution in [0.1, 0.15) is 44.2 Å². The second-order valence-electron chi connectivity index (χ2n) is 4.33. The summed E-state index contributed by atoms with van der Waals surface area (Å²) in [5.74, 6) is 1.59. The highest BCUT2D eigenvalue weighted by molar-refractivity contribution is 9.10. The lowest BCUT2D eigenvalue weighted by atomic mass is 10.0. The van der Waals surface area contributed by atoms with Crippen molar-refractivity contribution in [3.05, 3.63) is 22.2 Å². The zero-order valence-corrected chi connectivity index (χ0v) is 12.9. The van der Waals surface area contributed by atoms with Crippen LogP contribution >= 0.6 is 28.3 Å². The molecular weight excluding hydrogens is 318 g/mol. The molecule has 0 radical (unpaired) electrons. The monoisotopic (exact) mass is 335 g/mol. The van der Waals surface area contributed by atoms with Crippen LogP contribution in [0.2, 0.25) is 0 Å². The van der Waals surface area contributed by atoms with E-state index < -0.39 is 0 Å². The number of hydrogen-bond donors (Lipinski definition) is 1. The minimum absolute atomic E-state index is 0. The van der Waals surface area contributed by atoms with E-state index in [-0.39, 0.29) is 18.4 Å². The van der Waals surface area contributed by atoms with Gasteiger partial charge in [0.2, 0.25) is 6.79 Å². The fourth-order valence-corrected chi connectivity index (χ4v) is 2.60. The minimum atomic E-state index is 0. The Hall–Kier alpha value is -0.450. The van der Waals surface area contributed by atoms with Crippen LogP contribution in [0.5, 0.6) is 11.5 Å². The molecule has 0 aliphatic carbocycles.